The number of alkyl halides is 2. The van der Waals surface area contributed by atoms with Crippen LogP contribution in [0.4, 0.5) is 13.2 Å². The van der Waals surface area contributed by atoms with E-state index in [1.165, 1.54) is 17.4 Å². The Morgan fingerprint density at radius 2 is 2.05 bits per heavy atom. The lowest BCUT2D eigenvalue weighted by Gasteiger charge is -2.42. The van der Waals surface area contributed by atoms with Crippen LogP contribution >= 0.6 is 11.3 Å². The summed E-state index contributed by atoms with van der Waals surface area (Å²) in [6.45, 7) is 5.78. The molecular weight excluding hydrogens is 595 g/mol. The van der Waals surface area contributed by atoms with Crippen LogP contribution in [-0.2, 0) is 14.3 Å². The molecular formula is C31H38F3N5O4S. The van der Waals surface area contributed by atoms with Crippen molar-refractivity contribution < 1.29 is 32.6 Å². The van der Waals surface area contributed by atoms with Gasteiger partial charge in [-0.25, -0.2) is 22.9 Å². The van der Waals surface area contributed by atoms with Gasteiger partial charge in [0.05, 0.1) is 24.1 Å². The summed E-state index contributed by atoms with van der Waals surface area (Å²) < 4.78 is 49.8. The molecule has 238 valence electrons. The van der Waals surface area contributed by atoms with Gasteiger partial charge in [0.15, 0.2) is 10.8 Å². The number of aliphatic carboxylic acids is 1. The number of ether oxygens (including phenoxy) is 1. The zero-order chi connectivity index (χ0) is 31.6. The highest BCUT2D eigenvalue weighted by Gasteiger charge is 2.47. The van der Waals surface area contributed by atoms with Crippen LogP contribution < -0.4 is 10.6 Å². The van der Waals surface area contributed by atoms with Crippen molar-refractivity contribution >= 4 is 29.1 Å². The highest BCUT2D eigenvalue weighted by atomic mass is 32.1. The van der Waals surface area contributed by atoms with Gasteiger partial charge in [0.25, 0.3) is 5.92 Å². The summed E-state index contributed by atoms with van der Waals surface area (Å²) in [6.07, 6.45) is 2.92. The number of likely N-dealkylation sites (tertiary alicyclic amines) is 1. The summed E-state index contributed by atoms with van der Waals surface area (Å²) in [4.78, 5) is 35.6. The number of amidine groups is 1. The van der Waals surface area contributed by atoms with Gasteiger partial charge in [-0.1, -0.05) is 12.1 Å². The maximum Gasteiger partial charge on any atom is 0.338 e. The van der Waals surface area contributed by atoms with E-state index in [2.05, 4.69) is 15.6 Å². The standard InChI is InChI=1S/C31H38F3N5O4S/c1-4-43-28(40)24-23(37-26(27-36-10-11-44-27)38-25(24)21-6-5-7-22(32)18(21)2)16-39-17-31(33,34)14-20(39)8-9-35-15-19-12-30(3,13-19)29(41)42/h5-7,10-11,19-20,25,35H,4,8-9,12-17H2,1-3H3,(H,37,38)(H,41,42)/t19-,20-,25-,30+/m0/s1. The van der Waals surface area contributed by atoms with Crippen LogP contribution in [0.5, 0.6) is 0 Å². The predicted octanol–water partition coefficient (Wildman–Crippen LogP) is 4.69. The molecule has 0 spiro atoms. The summed E-state index contributed by atoms with van der Waals surface area (Å²) >= 11 is 1.33. The van der Waals surface area contributed by atoms with E-state index in [4.69, 9.17) is 9.73 Å². The van der Waals surface area contributed by atoms with Gasteiger partial charge in [0.2, 0.25) is 0 Å². The zero-order valence-electron chi connectivity index (χ0n) is 25.0. The molecule has 0 bridgehead atoms. The number of nitrogens with zero attached hydrogens (tertiary/aromatic N) is 3. The average molecular weight is 634 g/mol. The third-order valence-corrected chi connectivity index (χ3v) is 9.57. The number of carboxylic acid groups (broad SMARTS) is 1. The van der Waals surface area contributed by atoms with Crippen LogP contribution in [0.15, 0.2) is 46.0 Å². The molecule has 1 aliphatic carbocycles. The summed E-state index contributed by atoms with van der Waals surface area (Å²) in [5.74, 6) is -4.18. The third kappa shape index (κ3) is 6.84. The summed E-state index contributed by atoms with van der Waals surface area (Å²) in [6, 6.07) is 3.19. The normalized spacial score (nSPS) is 26.6. The Morgan fingerprint density at radius 3 is 2.73 bits per heavy atom. The van der Waals surface area contributed by atoms with Crippen LogP contribution in [0, 0.1) is 24.1 Å². The fourth-order valence-electron chi connectivity index (χ4n) is 6.51. The van der Waals surface area contributed by atoms with E-state index in [0.717, 1.165) is 0 Å². The number of esters is 1. The summed E-state index contributed by atoms with van der Waals surface area (Å²) in [5, 5.41) is 18.2. The van der Waals surface area contributed by atoms with Gasteiger partial charge >= 0.3 is 11.9 Å². The number of hydrogen-bond acceptors (Lipinski definition) is 9. The van der Waals surface area contributed by atoms with Crippen LogP contribution in [0.2, 0.25) is 0 Å². The first-order chi connectivity index (χ1) is 20.9. The number of carbonyl (C=O) groups excluding carboxylic acids is 1. The number of halogens is 3. The molecule has 1 aromatic heterocycles. The van der Waals surface area contributed by atoms with Crippen LogP contribution in [0.25, 0.3) is 0 Å². The number of carboxylic acids is 1. The molecule has 13 heteroatoms. The first kappa shape index (κ1) is 32.1. The fourth-order valence-corrected chi connectivity index (χ4v) is 7.10. The molecule has 2 aliphatic heterocycles. The maximum absolute atomic E-state index is 14.9. The molecule has 2 atom stereocenters. The molecule has 44 heavy (non-hydrogen) atoms. The van der Waals surface area contributed by atoms with Gasteiger partial charge in [-0.15, -0.1) is 11.3 Å². The van der Waals surface area contributed by atoms with Gasteiger partial charge in [0, 0.05) is 36.3 Å². The number of benzene rings is 1. The van der Waals surface area contributed by atoms with Crippen molar-refractivity contribution in [2.75, 3.05) is 32.8 Å². The quantitative estimate of drug-likeness (QED) is 0.228. The maximum atomic E-state index is 14.9. The number of aromatic nitrogens is 1. The zero-order valence-corrected chi connectivity index (χ0v) is 25.9. The van der Waals surface area contributed by atoms with Crippen molar-refractivity contribution in [1.29, 1.82) is 0 Å². The van der Waals surface area contributed by atoms with Gasteiger partial charge in [-0.05, 0) is 76.2 Å². The van der Waals surface area contributed by atoms with Crippen molar-refractivity contribution in [3.8, 4) is 0 Å². The average Bonchev–Trinajstić information content (AvgIpc) is 3.58. The van der Waals surface area contributed by atoms with Crippen LogP contribution in [0.3, 0.4) is 0 Å². The molecule has 0 unspecified atom stereocenters. The number of aliphatic imine (C=N–C) groups is 1. The molecule has 1 saturated heterocycles. The Bertz CT molecular complexity index is 1440. The molecule has 9 nitrogen and oxygen atoms in total. The predicted molar refractivity (Wildman–Crippen MR) is 160 cm³/mol. The highest BCUT2D eigenvalue weighted by Crippen LogP contribution is 2.45. The molecule has 2 fully saturated rings. The Balaban J connectivity index is 1.39. The van der Waals surface area contributed by atoms with E-state index in [-0.39, 0.29) is 31.1 Å². The van der Waals surface area contributed by atoms with Gasteiger partial charge < -0.3 is 20.5 Å². The lowest BCUT2D eigenvalue weighted by molar-refractivity contribution is -0.156. The van der Waals surface area contributed by atoms with Crippen LogP contribution in [-0.4, -0.2) is 77.5 Å². The van der Waals surface area contributed by atoms with Crippen molar-refractivity contribution in [1.82, 2.24) is 20.5 Å². The van der Waals surface area contributed by atoms with E-state index in [0.29, 0.717) is 60.0 Å². The molecule has 0 amide bonds. The number of nitrogens with one attached hydrogen (secondary N) is 2. The fraction of sp³-hybridized carbons (Fsp3) is 0.548. The minimum Gasteiger partial charge on any atom is -0.481 e. The SMILES string of the molecule is CCOC(=O)C1=C(CN2CC(F)(F)C[C@@H]2CCNC[C@H]2C[C@@](C)(C(=O)O)C2)NC(c2nccs2)=N[C@H]1c1cccc(F)c1C. The van der Waals surface area contributed by atoms with Crippen molar-refractivity contribution in [3.63, 3.8) is 0 Å². The summed E-state index contributed by atoms with van der Waals surface area (Å²) in [7, 11) is 0. The molecule has 3 heterocycles. The highest BCUT2D eigenvalue weighted by molar-refractivity contribution is 7.11. The Hall–Kier alpha value is -3.29. The van der Waals surface area contributed by atoms with Crippen molar-refractivity contribution in [2.45, 2.75) is 64.5 Å². The second-order valence-corrected chi connectivity index (χ2v) is 13.1. The number of thiazole rings is 1. The van der Waals surface area contributed by atoms with Gasteiger partial charge in [0.1, 0.15) is 11.9 Å². The molecule has 1 saturated carbocycles. The lowest BCUT2D eigenvalue weighted by Crippen LogP contribution is -2.45. The molecule has 2 aromatic rings. The molecule has 0 radical (unpaired) electrons. The Kier molecular flexibility index (Phi) is 9.47. The molecule has 3 aliphatic rings. The minimum absolute atomic E-state index is 0.00323. The monoisotopic (exact) mass is 633 g/mol. The van der Waals surface area contributed by atoms with E-state index in [9.17, 15) is 27.9 Å². The van der Waals surface area contributed by atoms with E-state index in [1.807, 2.05) is 0 Å². The smallest absolute Gasteiger partial charge is 0.338 e. The Morgan fingerprint density at radius 1 is 1.27 bits per heavy atom. The summed E-state index contributed by atoms with van der Waals surface area (Å²) in [5.41, 5.74) is 0.643. The second kappa shape index (κ2) is 13.0. The largest absolute Gasteiger partial charge is 0.481 e. The topological polar surface area (TPSA) is 116 Å². The first-order valence-corrected chi connectivity index (χ1v) is 15.7. The molecule has 3 N–H and O–H groups in total. The second-order valence-electron chi connectivity index (χ2n) is 12.2. The lowest BCUT2D eigenvalue weighted by atomic mass is 9.63. The third-order valence-electron chi connectivity index (χ3n) is 8.79. The first-order valence-electron chi connectivity index (χ1n) is 14.9. The number of carbonyl (C=O) groups is 2. The van der Waals surface area contributed by atoms with E-state index < -0.39 is 47.7 Å². The van der Waals surface area contributed by atoms with E-state index >= 15 is 0 Å². The molecule has 5 rings (SSSR count). The Labute approximate surface area is 258 Å². The van der Waals surface area contributed by atoms with Gasteiger partial charge in [-0.2, -0.15) is 0 Å². The number of hydrogen-bond donors (Lipinski definition) is 3. The minimum atomic E-state index is -2.91. The van der Waals surface area contributed by atoms with Crippen LogP contribution in [0.1, 0.15) is 61.7 Å². The van der Waals surface area contributed by atoms with Gasteiger partial charge in [-0.3, -0.25) is 14.7 Å². The van der Waals surface area contributed by atoms with Crippen molar-refractivity contribution in [2.24, 2.45) is 16.3 Å². The molecule has 1 aromatic carbocycles. The number of rotatable bonds is 12. The van der Waals surface area contributed by atoms with Crippen molar-refractivity contribution in [3.05, 3.63) is 63.0 Å². The van der Waals surface area contributed by atoms with E-state index in [1.54, 1.807) is 49.4 Å².